The molecule has 10 heteroatoms. The summed E-state index contributed by atoms with van der Waals surface area (Å²) in [7, 11) is -0.162. The molecule has 3 rings (SSSR count). The van der Waals surface area contributed by atoms with Gasteiger partial charge < -0.3 is 4.90 Å². The topological polar surface area (TPSA) is 82.1 Å². The van der Waals surface area contributed by atoms with Crippen molar-refractivity contribution in [1.82, 2.24) is 5.43 Å². The fourth-order valence-corrected chi connectivity index (χ4v) is 5.62. The lowest BCUT2D eigenvalue weighted by Gasteiger charge is -2.25. The summed E-state index contributed by atoms with van der Waals surface area (Å²) in [6.45, 7) is 1.23. The van der Waals surface area contributed by atoms with Gasteiger partial charge in [-0.25, -0.2) is 13.8 Å². The largest absolute Gasteiger partial charge is 0.377 e. The number of nitrogens with zero attached hydrogens (tertiary/aromatic N) is 3. The van der Waals surface area contributed by atoms with E-state index in [4.69, 9.17) is 11.6 Å². The van der Waals surface area contributed by atoms with Gasteiger partial charge in [-0.1, -0.05) is 41.9 Å². The molecular weight excluding hydrogens is 540 g/mol. The zero-order chi connectivity index (χ0) is 24.9. The van der Waals surface area contributed by atoms with Crippen LogP contribution in [0.15, 0.2) is 81.2 Å². The lowest BCUT2D eigenvalue weighted by Crippen LogP contribution is -2.40. The highest BCUT2D eigenvalue weighted by molar-refractivity contribution is 9.10. The Bertz CT molecular complexity index is 1320. The minimum absolute atomic E-state index is 0.0662. The molecule has 0 fully saturated rings. The molecule has 0 atom stereocenters. The van der Waals surface area contributed by atoms with Crippen LogP contribution in [0.25, 0.3) is 0 Å². The van der Waals surface area contributed by atoms with Gasteiger partial charge in [0.25, 0.3) is 15.9 Å². The summed E-state index contributed by atoms with van der Waals surface area (Å²) in [4.78, 5) is 14.8. The second kappa shape index (κ2) is 11.0. The molecular formula is C24H24BrClN4O3S. The van der Waals surface area contributed by atoms with Crippen LogP contribution in [0.5, 0.6) is 0 Å². The van der Waals surface area contributed by atoms with E-state index in [1.807, 2.05) is 37.2 Å². The van der Waals surface area contributed by atoms with Crippen molar-refractivity contribution >= 4 is 61.1 Å². The Kier molecular flexibility index (Phi) is 8.35. The van der Waals surface area contributed by atoms with Crippen LogP contribution in [0.3, 0.4) is 0 Å². The molecule has 0 heterocycles. The van der Waals surface area contributed by atoms with E-state index in [0.29, 0.717) is 16.3 Å². The zero-order valence-electron chi connectivity index (χ0n) is 18.9. The summed E-state index contributed by atoms with van der Waals surface area (Å²) in [6.07, 6.45) is 1.49. The first kappa shape index (κ1) is 25.7. The van der Waals surface area contributed by atoms with Crippen molar-refractivity contribution in [3.8, 4) is 0 Å². The summed E-state index contributed by atoms with van der Waals surface area (Å²) < 4.78 is 28.7. The van der Waals surface area contributed by atoms with Crippen molar-refractivity contribution in [3.05, 3.63) is 87.4 Å². The summed E-state index contributed by atoms with van der Waals surface area (Å²) in [6, 6.07) is 18.5. The molecule has 178 valence electrons. The Morgan fingerprint density at radius 2 is 1.76 bits per heavy atom. The van der Waals surface area contributed by atoms with Gasteiger partial charge in [0, 0.05) is 23.6 Å². The van der Waals surface area contributed by atoms with Crippen LogP contribution in [0.1, 0.15) is 11.1 Å². The van der Waals surface area contributed by atoms with E-state index in [9.17, 15) is 13.2 Å². The van der Waals surface area contributed by atoms with Crippen LogP contribution >= 0.6 is 27.5 Å². The number of sulfonamides is 1. The van der Waals surface area contributed by atoms with Gasteiger partial charge >= 0.3 is 0 Å². The molecule has 0 radical (unpaired) electrons. The van der Waals surface area contributed by atoms with Crippen molar-refractivity contribution < 1.29 is 13.2 Å². The molecule has 0 saturated carbocycles. The van der Waals surface area contributed by atoms with Gasteiger partial charge in [0.2, 0.25) is 0 Å². The molecule has 1 amide bonds. The van der Waals surface area contributed by atoms with Crippen molar-refractivity contribution in [2.75, 3.05) is 29.8 Å². The number of halogens is 2. The fraction of sp³-hybridized carbons (Fsp3) is 0.167. The van der Waals surface area contributed by atoms with E-state index in [-0.39, 0.29) is 4.90 Å². The number of hydrogen-bond donors (Lipinski definition) is 1. The highest BCUT2D eigenvalue weighted by Gasteiger charge is 2.28. The van der Waals surface area contributed by atoms with Gasteiger partial charge in [-0.3, -0.25) is 9.10 Å². The lowest BCUT2D eigenvalue weighted by molar-refractivity contribution is -0.119. The van der Waals surface area contributed by atoms with E-state index in [1.165, 1.54) is 18.3 Å². The standard InChI is InChI=1S/C24H24BrClN4O3S/c1-17-21(26)10-7-11-22(17)30(34(32,33)19-8-5-4-6-9-19)16-24(31)28-27-15-18-12-13-23(29(2)3)20(25)14-18/h4-15H,16H2,1-3H3,(H,28,31)/b27-15-. The van der Waals surface area contributed by atoms with E-state index >= 15 is 0 Å². The zero-order valence-corrected chi connectivity index (χ0v) is 22.0. The van der Waals surface area contributed by atoms with E-state index < -0.39 is 22.5 Å². The quantitative estimate of drug-likeness (QED) is 0.315. The van der Waals surface area contributed by atoms with Crippen molar-refractivity contribution in [2.24, 2.45) is 5.10 Å². The number of hydrazone groups is 1. The maximum Gasteiger partial charge on any atom is 0.264 e. The molecule has 3 aromatic carbocycles. The van der Waals surface area contributed by atoms with Crippen LogP contribution in [0.4, 0.5) is 11.4 Å². The number of hydrogen-bond acceptors (Lipinski definition) is 5. The average Bonchev–Trinajstić information content (AvgIpc) is 2.80. The predicted molar refractivity (Wildman–Crippen MR) is 141 cm³/mol. The Morgan fingerprint density at radius 3 is 2.41 bits per heavy atom. The first-order chi connectivity index (χ1) is 16.1. The Balaban J connectivity index is 1.84. The van der Waals surface area contributed by atoms with Crippen LogP contribution in [-0.2, 0) is 14.8 Å². The van der Waals surface area contributed by atoms with E-state index in [1.54, 1.807) is 43.3 Å². The molecule has 3 aromatic rings. The molecule has 0 aliphatic carbocycles. The molecule has 0 spiro atoms. The van der Waals surface area contributed by atoms with Gasteiger partial charge in [0.05, 0.1) is 22.5 Å². The minimum Gasteiger partial charge on any atom is -0.377 e. The fourth-order valence-electron chi connectivity index (χ4n) is 3.20. The summed E-state index contributed by atoms with van der Waals surface area (Å²) >= 11 is 9.74. The smallest absolute Gasteiger partial charge is 0.264 e. The minimum atomic E-state index is -4.03. The maximum absolute atomic E-state index is 13.4. The summed E-state index contributed by atoms with van der Waals surface area (Å²) in [5.41, 5.74) is 5.04. The second-order valence-electron chi connectivity index (χ2n) is 7.61. The number of benzene rings is 3. The number of nitrogens with one attached hydrogen (secondary N) is 1. The normalized spacial score (nSPS) is 11.4. The molecule has 34 heavy (non-hydrogen) atoms. The van der Waals surface area contributed by atoms with Crippen LogP contribution in [0, 0.1) is 6.92 Å². The molecule has 0 aliphatic rings. The van der Waals surface area contributed by atoms with Gasteiger partial charge in [0.15, 0.2) is 0 Å². The van der Waals surface area contributed by atoms with Crippen molar-refractivity contribution in [2.45, 2.75) is 11.8 Å². The first-order valence-corrected chi connectivity index (χ1v) is 12.8. The Labute approximate surface area is 213 Å². The van der Waals surface area contributed by atoms with Crippen LogP contribution in [0.2, 0.25) is 5.02 Å². The molecule has 7 nitrogen and oxygen atoms in total. The maximum atomic E-state index is 13.4. The molecule has 0 saturated heterocycles. The third-order valence-corrected chi connectivity index (χ3v) is 7.80. The highest BCUT2D eigenvalue weighted by Crippen LogP contribution is 2.30. The number of amides is 1. The third kappa shape index (κ3) is 5.97. The van der Waals surface area contributed by atoms with Crippen LogP contribution in [-0.4, -0.2) is 41.2 Å². The summed E-state index contributed by atoms with van der Waals surface area (Å²) in [5.74, 6) is -0.598. The molecule has 0 aromatic heterocycles. The Hall–Kier alpha value is -2.88. The monoisotopic (exact) mass is 562 g/mol. The number of carbonyl (C=O) groups excluding carboxylic acids is 1. The average molecular weight is 564 g/mol. The molecule has 1 N–H and O–H groups in total. The van der Waals surface area contributed by atoms with Gasteiger partial charge in [-0.05, 0) is 70.4 Å². The predicted octanol–water partition coefficient (Wildman–Crippen LogP) is 4.82. The number of rotatable bonds is 8. The summed E-state index contributed by atoms with van der Waals surface area (Å²) in [5, 5.41) is 4.39. The molecule has 0 unspecified atom stereocenters. The highest BCUT2D eigenvalue weighted by atomic mass is 79.9. The van der Waals surface area contributed by atoms with E-state index in [2.05, 4.69) is 26.5 Å². The van der Waals surface area contributed by atoms with Gasteiger partial charge in [-0.2, -0.15) is 5.10 Å². The first-order valence-electron chi connectivity index (χ1n) is 10.2. The van der Waals surface area contributed by atoms with Crippen molar-refractivity contribution in [1.29, 1.82) is 0 Å². The van der Waals surface area contributed by atoms with E-state index in [0.717, 1.165) is 20.0 Å². The molecule has 0 aliphatic heterocycles. The number of carbonyl (C=O) groups is 1. The third-order valence-electron chi connectivity index (χ3n) is 4.98. The lowest BCUT2D eigenvalue weighted by atomic mass is 10.2. The second-order valence-corrected chi connectivity index (χ2v) is 10.7. The number of anilines is 2. The Morgan fingerprint density at radius 1 is 1.06 bits per heavy atom. The SMILES string of the molecule is Cc1c(Cl)cccc1N(CC(=O)N/N=C\c1ccc(N(C)C)c(Br)c1)S(=O)(=O)c1ccccc1. The van der Waals surface area contributed by atoms with Crippen LogP contribution < -0.4 is 14.6 Å². The van der Waals surface area contributed by atoms with Gasteiger partial charge in [0.1, 0.15) is 6.54 Å². The van der Waals surface area contributed by atoms with Crippen molar-refractivity contribution in [3.63, 3.8) is 0 Å². The van der Waals surface area contributed by atoms with Gasteiger partial charge in [-0.15, -0.1) is 0 Å². The molecule has 0 bridgehead atoms.